The Kier molecular flexibility index (Phi) is 5.80. The first-order chi connectivity index (χ1) is 10.9. The van der Waals surface area contributed by atoms with Crippen molar-refractivity contribution in [1.29, 1.82) is 5.26 Å². The highest BCUT2D eigenvalue weighted by Gasteiger charge is 2.16. The fourth-order valence-electron chi connectivity index (χ4n) is 2.11. The van der Waals surface area contributed by atoms with Gasteiger partial charge in [0.05, 0.1) is 17.9 Å². The normalized spacial score (nSPS) is 10.4. The average Bonchev–Trinajstić information content (AvgIpc) is 3.03. The van der Waals surface area contributed by atoms with Gasteiger partial charge in [0.1, 0.15) is 11.1 Å². The Balaban J connectivity index is 2.06. The minimum Gasteiger partial charge on any atom is -0.340 e. The van der Waals surface area contributed by atoms with E-state index in [1.807, 2.05) is 38.3 Å². The second-order valence-corrected chi connectivity index (χ2v) is 7.35. The molecule has 1 amide bonds. The third kappa shape index (κ3) is 4.12. The summed E-state index contributed by atoms with van der Waals surface area (Å²) in [6.07, 6.45) is 0. The van der Waals surface area contributed by atoms with Crippen molar-refractivity contribution in [3.05, 3.63) is 44.8 Å². The molecule has 0 bridgehead atoms. The largest absolute Gasteiger partial charge is 0.340 e. The maximum absolute atomic E-state index is 12.3. The lowest BCUT2D eigenvalue weighted by Crippen LogP contribution is -2.27. The number of hydrogen-bond acceptors (Lipinski definition) is 5. The lowest BCUT2D eigenvalue weighted by Gasteiger charge is -2.16. The van der Waals surface area contributed by atoms with E-state index in [1.54, 1.807) is 23.3 Å². The molecule has 0 atom stereocenters. The molecule has 0 aromatic carbocycles. The number of thiophene rings is 1. The molecule has 0 radical (unpaired) electrons. The second kappa shape index (κ2) is 7.62. The number of aromatic nitrogens is 1. The molecule has 0 unspecified atom stereocenters. The number of aryl methyl sites for hydroxylation is 1. The maximum atomic E-state index is 12.3. The van der Waals surface area contributed by atoms with Crippen molar-refractivity contribution < 1.29 is 4.79 Å². The summed E-state index contributed by atoms with van der Waals surface area (Å²) in [5, 5.41) is 12.0. The van der Waals surface area contributed by atoms with Gasteiger partial charge in [-0.05, 0) is 43.3 Å². The quantitative estimate of drug-likeness (QED) is 0.776. The smallest absolute Gasteiger partial charge is 0.233 e. The molecule has 0 N–H and O–H groups in total. The number of amides is 1. The summed E-state index contributed by atoms with van der Waals surface area (Å²) < 4.78 is 0. The summed E-state index contributed by atoms with van der Waals surface area (Å²) in [7, 11) is 1.80. The summed E-state index contributed by atoms with van der Waals surface area (Å²) >= 11 is 2.97. The van der Waals surface area contributed by atoms with E-state index in [2.05, 4.69) is 11.1 Å². The van der Waals surface area contributed by atoms with Crippen LogP contribution in [0, 0.1) is 32.1 Å². The molecular weight excluding hydrogens is 326 g/mol. The van der Waals surface area contributed by atoms with Gasteiger partial charge in [-0.15, -0.1) is 11.3 Å². The number of carbonyl (C=O) groups excluding carboxylic acids is 1. The van der Waals surface area contributed by atoms with Crippen molar-refractivity contribution in [3.8, 4) is 6.07 Å². The predicted molar refractivity (Wildman–Crippen MR) is 94.7 cm³/mol. The van der Waals surface area contributed by atoms with Crippen LogP contribution >= 0.6 is 23.1 Å². The van der Waals surface area contributed by atoms with E-state index in [9.17, 15) is 10.1 Å². The number of rotatable bonds is 5. The van der Waals surface area contributed by atoms with Crippen LogP contribution in [0.25, 0.3) is 0 Å². The number of thioether (sulfide) groups is 1. The minimum atomic E-state index is 0.0324. The molecule has 0 spiro atoms. The highest BCUT2D eigenvalue weighted by Crippen LogP contribution is 2.26. The van der Waals surface area contributed by atoms with Gasteiger partial charge in [0.25, 0.3) is 0 Å². The predicted octanol–water partition coefficient (Wildman–Crippen LogP) is 3.69. The molecule has 0 aliphatic carbocycles. The lowest BCUT2D eigenvalue weighted by molar-refractivity contribution is -0.127. The van der Waals surface area contributed by atoms with Gasteiger partial charge in [0.2, 0.25) is 5.91 Å². The van der Waals surface area contributed by atoms with Gasteiger partial charge in [0, 0.05) is 17.6 Å². The summed E-state index contributed by atoms with van der Waals surface area (Å²) in [4.78, 5) is 19.6. The van der Waals surface area contributed by atoms with Crippen molar-refractivity contribution in [1.82, 2.24) is 9.88 Å². The number of carbonyl (C=O) groups is 1. The van der Waals surface area contributed by atoms with Crippen LogP contribution in [0.5, 0.6) is 0 Å². The van der Waals surface area contributed by atoms with E-state index in [0.717, 1.165) is 21.7 Å². The molecule has 4 nitrogen and oxygen atoms in total. The van der Waals surface area contributed by atoms with E-state index in [0.29, 0.717) is 17.1 Å². The highest BCUT2D eigenvalue weighted by atomic mass is 32.2. The zero-order valence-electron chi connectivity index (χ0n) is 13.7. The van der Waals surface area contributed by atoms with Gasteiger partial charge in [0.15, 0.2) is 0 Å². The van der Waals surface area contributed by atoms with E-state index in [1.165, 1.54) is 11.8 Å². The van der Waals surface area contributed by atoms with Gasteiger partial charge in [-0.25, -0.2) is 4.98 Å². The molecule has 120 valence electrons. The molecule has 2 aromatic heterocycles. The molecule has 0 fully saturated rings. The fourth-order valence-corrected chi connectivity index (χ4v) is 3.89. The molecule has 0 saturated heterocycles. The Morgan fingerprint density at radius 3 is 2.74 bits per heavy atom. The van der Waals surface area contributed by atoms with E-state index in [4.69, 9.17) is 0 Å². The molecule has 0 aliphatic rings. The third-order valence-electron chi connectivity index (χ3n) is 3.81. The molecule has 23 heavy (non-hydrogen) atoms. The van der Waals surface area contributed by atoms with Crippen molar-refractivity contribution in [2.45, 2.75) is 32.3 Å². The monoisotopic (exact) mass is 345 g/mol. The second-order valence-electron chi connectivity index (χ2n) is 5.36. The standard InChI is InChI=1S/C17H19N3OS2/c1-11-12(2)15(8-18)17(19-13(11)3)23-10-16(21)20(4)9-14-6-5-7-22-14/h5-7H,9-10H2,1-4H3. The Morgan fingerprint density at radius 1 is 1.39 bits per heavy atom. The zero-order valence-corrected chi connectivity index (χ0v) is 15.3. The first kappa shape index (κ1) is 17.5. The number of nitriles is 1. The van der Waals surface area contributed by atoms with Crippen LogP contribution in [-0.4, -0.2) is 28.6 Å². The molecular formula is C17H19N3OS2. The molecule has 0 aliphatic heterocycles. The average molecular weight is 345 g/mol. The van der Waals surface area contributed by atoms with Crippen molar-refractivity contribution in [2.24, 2.45) is 0 Å². The van der Waals surface area contributed by atoms with E-state index in [-0.39, 0.29) is 11.7 Å². The minimum absolute atomic E-state index is 0.0324. The van der Waals surface area contributed by atoms with Crippen LogP contribution in [0.2, 0.25) is 0 Å². The summed E-state index contributed by atoms with van der Waals surface area (Å²) in [5.74, 6) is 0.316. The van der Waals surface area contributed by atoms with Gasteiger partial charge >= 0.3 is 0 Å². The van der Waals surface area contributed by atoms with E-state index < -0.39 is 0 Å². The van der Waals surface area contributed by atoms with Crippen LogP contribution in [0.3, 0.4) is 0 Å². The van der Waals surface area contributed by atoms with Crippen molar-refractivity contribution >= 4 is 29.0 Å². The van der Waals surface area contributed by atoms with Crippen molar-refractivity contribution in [3.63, 3.8) is 0 Å². The molecule has 2 aromatic rings. The molecule has 6 heteroatoms. The number of nitrogens with zero attached hydrogens (tertiary/aromatic N) is 3. The summed E-state index contributed by atoms with van der Waals surface area (Å²) in [6.45, 7) is 6.43. The lowest BCUT2D eigenvalue weighted by atomic mass is 10.1. The van der Waals surface area contributed by atoms with Gasteiger partial charge in [-0.2, -0.15) is 5.26 Å². The first-order valence-corrected chi connectivity index (χ1v) is 9.07. The van der Waals surface area contributed by atoms with Crippen LogP contribution in [0.1, 0.15) is 27.3 Å². The Morgan fingerprint density at radius 2 is 2.13 bits per heavy atom. The van der Waals surface area contributed by atoms with Crippen molar-refractivity contribution in [2.75, 3.05) is 12.8 Å². The van der Waals surface area contributed by atoms with Crippen LogP contribution in [-0.2, 0) is 11.3 Å². The Hall–Kier alpha value is -1.84. The highest BCUT2D eigenvalue weighted by molar-refractivity contribution is 8.00. The van der Waals surface area contributed by atoms with Crippen LogP contribution < -0.4 is 0 Å². The Labute approximate surface area is 145 Å². The van der Waals surface area contributed by atoms with Gasteiger partial charge in [-0.1, -0.05) is 17.8 Å². The third-order valence-corrected chi connectivity index (χ3v) is 5.63. The van der Waals surface area contributed by atoms with E-state index >= 15 is 0 Å². The molecule has 2 rings (SSSR count). The summed E-state index contributed by atoms with van der Waals surface area (Å²) in [5.41, 5.74) is 3.46. The summed E-state index contributed by atoms with van der Waals surface area (Å²) in [6, 6.07) is 6.21. The first-order valence-electron chi connectivity index (χ1n) is 7.21. The number of pyridine rings is 1. The maximum Gasteiger partial charge on any atom is 0.233 e. The SMILES string of the molecule is Cc1nc(SCC(=O)N(C)Cc2cccs2)c(C#N)c(C)c1C. The molecule has 2 heterocycles. The topological polar surface area (TPSA) is 57.0 Å². The van der Waals surface area contributed by atoms with Gasteiger partial charge < -0.3 is 4.90 Å². The zero-order chi connectivity index (χ0) is 17.0. The molecule has 0 saturated carbocycles. The van der Waals surface area contributed by atoms with Crippen LogP contribution in [0.15, 0.2) is 22.5 Å². The number of hydrogen-bond donors (Lipinski definition) is 0. The Bertz CT molecular complexity index is 748. The van der Waals surface area contributed by atoms with Gasteiger partial charge in [-0.3, -0.25) is 4.79 Å². The van der Waals surface area contributed by atoms with Crippen LogP contribution in [0.4, 0.5) is 0 Å². The fraction of sp³-hybridized carbons (Fsp3) is 0.353.